The summed E-state index contributed by atoms with van der Waals surface area (Å²) >= 11 is 0. The Kier molecular flexibility index (Phi) is 6.05. The van der Waals surface area contributed by atoms with E-state index in [1.54, 1.807) is 0 Å². The van der Waals surface area contributed by atoms with Crippen LogP contribution < -0.4 is 5.32 Å². The average Bonchev–Trinajstić information content (AvgIpc) is 2.14. The summed E-state index contributed by atoms with van der Waals surface area (Å²) in [6.07, 6.45) is 3.25. The summed E-state index contributed by atoms with van der Waals surface area (Å²) in [6, 6.07) is 0.289. The molecule has 0 saturated carbocycles. The highest BCUT2D eigenvalue weighted by Crippen LogP contribution is 2.21. The molecule has 0 amide bonds. The molecule has 0 aliphatic heterocycles. The van der Waals surface area contributed by atoms with Crippen molar-refractivity contribution in [2.75, 3.05) is 13.7 Å². The maximum absolute atomic E-state index is 5.83. The fourth-order valence-electron chi connectivity index (χ4n) is 1.64. The first-order chi connectivity index (χ1) is 6.50. The third-order valence-corrected chi connectivity index (χ3v) is 2.64. The van der Waals surface area contributed by atoms with E-state index in [0.29, 0.717) is 0 Å². The van der Waals surface area contributed by atoms with Crippen molar-refractivity contribution in [3.05, 3.63) is 11.6 Å². The number of hydrogen-bond acceptors (Lipinski definition) is 2. The number of likely N-dealkylation sites (N-methyl/N-ethyl adjacent to an activating group) is 1. The molecule has 0 aliphatic carbocycles. The number of hydrogen-bond donors (Lipinski definition) is 1. The van der Waals surface area contributed by atoms with E-state index in [4.69, 9.17) is 4.74 Å². The molecule has 0 spiro atoms. The van der Waals surface area contributed by atoms with E-state index in [9.17, 15) is 0 Å². The van der Waals surface area contributed by atoms with Gasteiger partial charge in [0.05, 0.1) is 11.6 Å². The maximum Gasteiger partial charge on any atom is 0.0839 e. The third kappa shape index (κ3) is 3.81. The van der Waals surface area contributed by atoms with E-state index >= 15 is 0 Å². The van der Waals surface area contributed by atoms with Crippen LogP contribution in [0.1, 0.15) is 41.0 Å². The molecule has 0 aromatic heterocycles. The molecule has 0 aliphatic rings. The lowest BCUT2D eigenvalue weighted by atomic mass is 9.91. The minimum atomic E-state index is -0.0965. The van der Waals surface area contributed by atoms with Crippen LogP contribution in [0.3, 0.4) is 0 Å². The van der Waals surface area contributed by atoms with Gasteiger partial charge in [-0.25, -0.2) is 0 Å². The van der Waals surface area contributed by atoms with Gasteiger partial charge in [-0.05, 0) is 41.2 Å². The molecule has 1 N–H and O–H groups in total. The molecule has 84 valence electrons. The van der Waals surface area contributed by atoms with Gasteiger partial charge in [0.1, 0.15) is 0 Å². The standard InChI is InChI=1S/C12H25NO/c1-7-12(5,14-8-2)11(13-6)9-10(3)4/h9,11,13H,7-8H2,1-6H3. The van der Waals surface area contributed by atoms with Crippen molar-refractivity contribution in [2.24, 2.45) is 0 Å². The molecule has 0 heterocycles. The van der Waals surface area contributed by atoms with Gasteiger partial charge in [0, 0.05) is 6.61 Å². The molecule has 0 radical (unpaired) electrons. The molecule has 0 aromatic carbocycles. The zero-order valence-corrected chi connectivity index (χ0v) is 10.5. The Morgan fingerprint density at radius 3 is 2.29 bits per heavy atom. The second-order valence-electron chi connectivity index (χ2n) is 4.11. The topological polar surface area (TPSA) is 21.3 Å². The number of rotatable bonds is 6. The van der Waals surface area contributed by atoms with Crippen LogP contribution in [0.15, 0.2) is 11.6 Å². The molecule has 2 nitrogen and oxygen atoms in total. The molecule has 0 saturated heterocycles. The molecule has 0 aromatic rings. The van der Waals surface area contributed by atoms with E-state index in [0.717, 1.165) is 13.0 Å². The van der Waals surface area contributed by atoms with Crippen LogP contribution in [0.25, 0.3) is 0 Å². The van der Waals surface area contributed by atoms with Crippen LogP contribution in [0.5, 0.6) is 0 Å². The first-order valence-corrected chi connectivity index (χ1v) is 5.46. The largest absolute Gasteiger partial charge is 0.374 e. The zero-order chi connectivity index (χ0) is 11.2. The van der Waals surface area contributed by atoms with Gasteiger partial charge < -0.3 is 10.1 Å². The van der Waals surface area contributed by atoms with Crippen LogP contribution >= 0.6 is 0 Å². The average molecular weight is 199 g/mol. The van der Waals surface area contributed by atoms with Gasteiger partial charge in [-0.15, -0.1) is 0 Å². The minimum absolute atomic E-state index is 0.0965. The first-order valence-electron chi connectivity index (χ1n) is 5.46. The van der Waals surface area contributed by atoms with Gasteiger partial charge in [0.25, 0.3) is 0 Å². The Morgan fingerprint density at radius 1 is 1.43 bits per heavy atom. The Hall–Kier alpha value is -0.340. The van der Waals surface area contributed by atoms with E-state index in [1.165, 1.54) is 5.57 Å². The number of ether oxygens (including phenoxy) is 1. The quantitative estimate of drug-likeness (QED) is 0.664. The zero-order valence-electron chi connectivity index (χ0n) is 10.5. The highest BCUT2D eigenvalue weighted by molar-refractivity contribution is 5.07. The first kappa shape index (κ1) is 13.7. The summed E-state index contributed by atoms with van der Waals surface area (Å²) in [5.41, 5.74) is 1.23. The summed E-state index contributed by atoms with van der Waals surface area (Å²) in [6.45, 7) is 11.4. The summed E-state index contributed by atoms with van der Waals surface area (Å²) in [7, 11) is 1.98. The van der Waals surface area contributed by atoms with Gasteiger partial charge >= 0.3 is 0 Å². The Bertz CT molecular complexity index is 185. The lowest BCUT2D eigenvalue weighted by molar-refractivity contribution is -0.0427. The van der Waals surface area contributed by atoms with Gasteiger partial charge in [0.2, 0.25) is 0 Å². The molecular weight excluding hydrogens is 174 g/mol. The molecule has 0 rings (SSSR count). The van der Waals surface area contributed by atoms with E-state index < -0.39 is 0 Å². The van der Waals surface area contributed by atoms with Gasteiger partial charge in [-0.1, -0.05) is 18.6 Å². The SMILES string of the molecule is CCOC(C)(CC)C(C=C(C)C)NC. The molecule has 2 atom stereocenters. The summed E-state index contributed by atoms with van der Waals surface area (Å²) < 4.78 is 5.83. The second kappa shape index (κ2) is 6.20. The number of allylic oxidation sites excluding steroid dienone is 1. The Balaban J connectivity index is 4.67. The van der Waals surface area contributed by atoms with Crippen molar-refractivity contribution in [3.63, 3.8) is 0 Å². The molecular formula is C12H25NO. The lowest BCUT2D eigenvalue weighted by Gasteiger charge is -2.35. The van der Waals surface area contributed by atoms with Crippen LogP contribution in [-0.2, 0) is 4.74 Å². The number of nitrogens with one attached hydrogen (secondary N) is 1. The highest BCUT2D eigenvalue weighted by atomic mass is 16.5. The normalized spacial score (nSPS) is 17.3. The van der Waals surface area contributed by atoms with Crippen molar-refractivity contribution in [2.45, 2.75) is 52.7 Å². The van der Waals surface area contributed by atoms with Crippen LogP contribution in [0.2, 0.25) is 0 Å². The predicted octanol–water partition coefficient (Wildman–Crippen LogP) is 2.75. The van der Waals surface area contributed by atoms with Crippen molar-refractivity contribution in [3.8, 4) is 0 Å². The molecule has 14 heavy (non-hydrogen) atoms. The molecule has 0 fully saturated rings. The molecule has 0 bridgehead atoms. The van der Waals surface area contributed by atoms with Crippen molar-refractivity contribution in [1.82, 2.24) is 5.32 Å². The maximum atomic E-state index is 5.83. The van der Waals surface area contributed by atoms with Gasteiger partial charge in [-0.3, -0.25) is 0 Å². The fourth-order valence-corrected chi connectivity index (χ4v) is 1.64. The van der Waals surface area contributed by atoms with E-state index in [2.05, 4.69) is 39.1 Å². The Labute approximate surface area is 88.7 Å². The van der Waals surface area contributed by atoms with Gasteiger partial charge in [-0.2, -0.15) is 0 Å². The minimum Gasteiger partial charge on any atom is -0.374 e. The van der Waals surface area contributed by atoms with Crippen molar-refractivity contribution < 1.29 is 4.74 Å². The van der Waals surface area contributed by atoms with E-state index in [-0.39, 0.29) is 11.6 Å². The summed E-state index contributed by atoms with van der Waals surface area (Å²) in [5, 5.41) is 3.31. The smallest absolute Gasteiger partial charge is 0.0839 e. The van der Waals surface area contributed by atoms with Crippen LogP contribution in [-0.4, -0.2) is 25.3 Å². The predicted molar refractivity (Wildman–Crippen MR) is 62.6 cm³/mol. The second-order valence-corrected chi connectivity index (χ2v) is 4.11. The summed E-state index contributed by atoms with van der Waals surface area (Å²) in [5.74, 6) is 0. The van der Waals surface area contributed by atoms with E-state index in [1.807, 2.05) is 14.0 Å². The van der Waals surface area contributed by atoms with Crippen LogP contribution in [0.4, 0.5) is 0 Å². The van der Waals surface area contributed by atoms with Crippen molar-refractivity contribution >= 4 is 0 Å². The van der Waals surface area contributed by atoms with Gasteiger partial charge in [0.15, 0.2) is 0 Å². The molecule has 2 heteroatoms. The fraction of sp³-hybridized carbons (Fsp3) is 0.833. The van der Waals surface area contributed by atoms with Crippen LogP contribution in [0, 0.1) is 0 Å². The summed E-state index contributed by atoms with van der Waals surface area (Å²) in [4.78, 5) is 0. The monoisotopic (exact) mass is 199 g/mol. The lowest BCUT2D eigenvalue weighted by Crippen LogP contribution is -2.48. The molecule has 2 unspecified atom stereocenters. The highest BCUT2D eigenvalue weighted by Gasteiger charge is 2.30. The van der Waals surface area contributed by atoms with Crippen molar-refractivity contribution in [1.29, 1.82) is 0 Å². The third-order valence-electron chi connectivity index (χ3n) is 2.64. The Morgan fingerprint density at radius 2 is 2.00 bits per heavy atom.